The first kappa shape index (κ1) is 10.2. The molecule has 4 nitrogen and oxygen atoms in total. The second-order valence-electron chi connectivity index (χ2n) is 3.92. The van der Waals surface area contributed by atoms with Crippen molar-refractivity contribution in [3.8, 4) is 0 Å². The Hall–Kier alpha value is -1.29. The summed E-state index contributed by atoms with van der Waals surface area (Å²) >= 11 is 0. The molecule has 1 aliphatic heterocycles. The van der Waals surface area contributed by atoms with Gasteiger partial charge in [0.1, 0.15) is 0 Å². The molecular weight excluding hydrogens is 194 g/mol. The van der Waals surface area contributed by atoms with E-state index in [9.17, 15) is 4.79 Å². The van der Waals surface area contributed by atoms with E-state index in [2.05, 4.69) is 4.90 Å². The number of carbonyl (C=O) groups is 1. The fourth-order valence-corrected chi connectivity index (χ4v) is 2.01. The van der Waals surface area contributed by atoms with E-state index >= 15 is 0 Å². The van der Waals surface area contributed by atoms with Crippen LogP contribution in [-0.2, 0) is 6.54 Å². The second kappa shape index (κ2) is 4.49. The van der Waals surface area contributed by atoms with Crippen molar-refractivity contribution in [2.75, 3.05) is 13.1 Å². The average molecular weight is 209 g/mol. The van der Waals surface area contributed by atoms with Gasteiger partial charge in [-0.3, -0.25) is 4.90 Å². The number of carboxylic acid groups (broad SMARTS) is 1. The molecule has 1 fully saturated rings. The molecule has 0 amide bonds. The van der Waals surface area contributed by atoms with E-state index in [4.69, 9.17) is 9.52 Å². The van der Waals surface area contributed by atoms with Crippen LogP contribution in [0.15, 0.2) is 16.7 Å². The molecule has 1 saturated heterocycles. The van der Waals surface area contributed by atoms with E-state index in [0.717, 1.165) is 18.7 Å². The summed E-state index contributed by atoms with van der Waals surface area (Å²) in [5.41, 5.74) is 0.782. The van der Waals surface area contributed by atoms with Crippen LogP contribution in [0.4, 0.5) is 0 Å². The molecule has 82 valence electrons. The molecule has 2 rings (SSSR count). The van der Waals surface area contributed by atoms with E-state index in [1.54, 1.807) is 6.07 Å². The molecule has 0 unspecified atom stereocenters. The van der Waals surface area contributed by atoms with Crippen molar-refractivity contribution in [3.05, 3.63) is 23.7 Å². The fourth-order valence-electron chi connectivity index (χ4n) is 2.01. The van der Waals surface area contributed by atoms with E-state index in [0.29, 0.717) is 6.54 Å². The molecule has 0 saturated carbocycles. The van der Waals surface area contributed by atoms with E-state index in [1.807, 2.05) is 0 Å². The minimum absolute atomic E-state index is 0.0839. The molecule has 1 aromatic rings. The van der Waals surface area contributed by atoms with Gasteiger partial charge in [-0.05, 0) is 32.0 Å². The Morgan fingerprint density at radius 3 is 2.80 bits per heavy atom. The Morgan fingerprint density at radius 2 is 2.13 bits per heavy atom. The lowest BCUT2D eigenvalue weighted by Gasteiger charge is -2.25. The summed E-state index contributed by atoms with van der Waals surface area (Å²) in [7, 11) is 0. The van der Waals surface area contributed by atoms with Crippen LogP contribution in [0.3, 0.4) is 0 Å². The van der Waals surface area contributed by atoms with Crippen LogP contribution in [-0.4, -0.2) is 29.1 Å². The van der Waals surface area contributed by atoms with Crippen molar-refractivity contribution in [2.45, 2.75) is 25.8 Å². The van der Waals surface area contributed by atoms with Gasteiger partial charge in [-0.25, -0.2) is 4.79 Å². The van der Waals surface area contributed by atoms with E-state index < -0.39 is 5.97 Å². The summed E-state index contributed by atoms with van der Waals surface area (Å²) < 4.78 is 4.94. The molecule has 0 spiro atoms. The van der Waals surface area contributed by atoms with Gasteiger partial charge in [0, 0.05) is 12.1 Å². The highest BCUT2D eigenvalue weighted by molar-refractivity contribution is 5.86. The van der Waals surface area contributed by atoms with Crippen molar-refractivity contribution in [2.24, 2.45) is 0 Å². The fraction of sp³-hybridized carbons (Fsp3) is 0.545. The van der Waals surface area contributed by atoms with Crippen molar-refractivity contribution in [1.29, 1.82) is 0 Å². The molecule has 1 N–H and O–H groups in total. The number of furan rings is 1. The Labute approximate surface area is 88.5 Å². The van der Waals surface area contributed by atoms with Gasteiger partial charge in [-0.1, -0.05) is 6.42 Å². The lowest BCUT2D eigenvalue weighted by Crippen LogP contribution is -2.29. The first-order valence-corrected chi connectivity index (χ1v) is 5.29. The Morgan fingerprint density at radius 1 is 1.40 bits per heavy atom. The van der Waals surface area contributed by atoms with Crippen LogP contribution in [0.2, 0.25) is 0 Å². The molecule has 2 heterocycles. The Bertz CT molecular complexity index is 339. The lowest BCUT2D eigenvalue weighted by molar-refractivity contribution is 0.0658. The zero-order valence-corrected chi connectivity index (χ0v) is 8.61. The van der Waals surface area contributed by atoms with Crippen molar-refractivity contribution >= 4 is 5.97 Å². The summed E-state index contributed by atoms with van der Waals surface area (Å²) in [5.74, 6) is -0.896. The monoisotopic (exact) mass is 209 g/mol. The molecule has 0 atom stereocenters. The third-order valence-corrected chi connectivity index (χ3v) is 2.78. The highest BCUT2D eigenvalue weighted by Gasteiger charge is 2.17. The topological polar surface area (TPSA) is 53.7 Å². The van der Waals surface area contributed by atoms with Crippen molar-refractivity contribution in [1.82, 2.24) is 4.90 Å². The van der Waals surface area contributed by atoms with Crippen LogP contribution in [0.25, 0.3) is 0 Å². The molecule has 0 bridgehead atoms. The predicted molar refractivity (Wildman–Crippen MR) is 54.8 cm³/mol. The maximum atomic E-state index is 10.8. The van der Waals surface area contributed by atoms with Crippen molar-refractivity contribution < 1.29 is 14.3 Å². The van der Waals surface area contributed by atoms with Crippen LogP contribution >= 0.6 is 0 Å². The quantitative estimate of drug-likeness (QED) is 0.826. The number of aromatic carboxylic acids is 1. The van der Waals surface area contributed by atoms with Crippen LogP contribution < -0.4 is 0 Å². The van der Waals surface area contributed by atoms with Crippen molar-refractivity contribution in [3.63, 3.8) is 0 Å². The minimum atomic E-state index is -0.980. The Kier molecular flexibility index (Phi) is 3.06. The highest BCUT2D eigenvalue weighted by Crippen LogP contribution is 2.16. The number of carboxylic acids is 1. The third-order valence-electron chi connectivity index (χ3n) is 2.78. The van der Waals surface area contributed by atoms with E-state index in [1.165, 1.54) is 25.5 Å². The molecular formula is C11H15NO3. The number of hydrogen-bond donors (Lipinski definition) is 1. The Balaban J connectivity index is 2.03. The van der Waals surface area contributed by atoms with Gasteiger partial charge in [0.25, 0.3) is 0 Å². The second-order valence-corrected chi connectivity index (χ2v) is 3.92. The number of piperidine rings is 1. The number of rotatable bonds is 3. The first-order valence-electron chi connectivity index (χ1n) is 5.29. The van der Waals surface area contributed by atoms with Gasteiger partial charge in [-0.15, -0.1) is 0 Å². The number of nitrogens with zero attached hydrogens (tertiary/aromatic N) is 1. The predicted octanol–water partition coefficient (Wildman–Crippen LogP) is 1.96. The van der Waals surface area contributed by atoms with Crippen LogP contribution in [0, 0.1) is 0 Å². The summed E-state index contributed by atoms with van der Waals surface area (Å²) in [5, 5.41) is 8.87. The molecule has 0 aromatic carbocycles. The lowest BCUT2D eigenvalue weighted by atomic mass is 10.1. The number of likely N-dealkylation sites (tertiary alicyclic amines) is 1. The van der Waals surface area contributed by atoms with Gasteiger partial charge >= 0.3 is 5.97 Å². The zero-order chi connectivity index (χ0) is 10.7. The summed E-state index contributed by atoms with van der Waals surface area (Å²) in [6.45, 7) is 2.81. The molecule has 15 heavy (non-hydrogen) atoms. The van der Waals surface area contributed by atoms with Gasteiger partial charge in [0.2, 0.25) is 5.76 Å². The zero-order valence-electron chi connectivity index (χ0n) is 8.61. The maximum Gasteiger partial charge on any atom is 0.372 e. The average Bonchev–Trinajstić information content (AvgIpc) is 2.67. The molecule has 4 heteroatoms. The SMILES string of the molecule is O=C(O)c1occc1CN1CCCCC1. The van der Waals surface area contributed by atoms with Gasteiger partial charge in [0.05, 0.1) is 6.26 Å². The summed E-state index contributed by atoms with van der Waals surface area (Å²) in [6.07, 6.45) is 5.15. The maximum absolute atomic E-state index is 10.8. The largest absolute Gasteiger partial charge is 0.475 e. The molecule has 1 aliphatic rings. The molecule has 1 aromatic heterocycles. The van der Waals surface area contributed by atoms with Crippen LogP contribution in [0.1, 0.15) is 35.4 Å². The van der Waals surface area contributed by atoms with Gasteiger partial charge in [0.15, 0.2) is 0 Å². The normalized spacial score (nSPS) is 17.9. The first-order chi connectivity index (χ1) is 7.27. The van der Waals surface area contributed by atoms with Gasteiger partial charge < -0.3 is 9.52 Å². The summed E-state index contributed by atoms with van der Waals surface area (Å²) in [6, 6.07) is 1.75. The third kappa shape index (κ3) is 2.39. The molecule has 0 aliphatic carbocycles. The minimum Gasteiger partial charge on any atom is -0.475 e. The number of hydrogen-bond acceptors (Lipinski definition) is 3. The summed E-state index contributed by atoms with van der Waals surface area (Å²) in [4.78, 5) is 13.1. The molecule has 0 radical (unpaired) electrons. The standard InChI is InChI=1S/C11H15NO3/c13-11(14)10-9(4-7-15-10)8-12-5-2-1-3-6-12/h4,7H,1-3,5-6,8H2,(H,13,14). The highest BCUT2D eigenvalue weighted by atomic mass is 16.4. The van der Waals surface area contributed by atoms with Gasteiger partial charge in [-0.2, -0.15) is 0 Å². The van der Waals surface area contributed by atoms with E-state index in [-0.39, 0.29) is 5.76 Å². The smallest absolute Gasteiger partial charge is 0.372 e. The van der Waals surface area contributed by atoms with Crippen LogP contribution in [0.5, 0.6) is 0 Å².